The van der Waals surface area contributed by atoms with Crippen molar-refractivity contribution in [3.8, 4) is 0 Å². The monoisotopic (exact) mass is 273 g/mol. The molecule has 1 aromatic carbocycles. The SMILES string of the molecule is CC1CNCCN1C(=O)C1CC(=O)Nc2ccccc21. The lowest BCUT2D eigenvalue weighted by Gasteiger charge is -2.37. The highest BCUT2D eigenvalue weighted by Crippen LogP contribution is 2.33. The number of carbonyl (C=O) groups is 2. The minimum Gasteiger partial charge on any atom is -0.337 e. The van der Waals surface area contributed by atoms with Crippen LogP contribution in [0.3, 0.4) is 0 Å². The van der Waals surface area contributed by atoms with Gasteiger partial charge in [-0.05, 0) is 18.6 Å². The predicted octanol–water partition coefficient (Wildman–Crippen LogP) is 0.933. The summed E-state index contributed by atoms with van der Waals surface area (Å²) in [5, 5.41) is 6.11. The third-order valence-corrected chi connectivity index (χ3v) is 4.08. The van der Waals surface area contributed by atoms with Crippen LogP contribution in [0.5, 0.6) is 0 Å². The molecule has 106 valence electrons. The van der Waals surface area contributed by atoms with Gasteiger partial charge in [-0.15, -0.1) is 0 Å². The average Bonchev–Trinajstić information content (AvgIpc) is 2.46. The number of carbonyl (C=O) groups excluding carboxylic acids is 2. The molecule has 2 heterocycles. The van der Waals surface area contributed by atoms with Crippen LogP contribution in [-0.4, -0.2) is 42.4 Å². The summed E-state index contributed by atoms with van der Waals surface area (Å²) in [7, 11) is 0. The van der Waals surface area contributed by atoms with Crippen LogP contribution in [-0.2, 0) is 9.59 Å². The molecule has 2 amide bonds. The molecule has 2 aliphatic rings. The van der Waals surface area contributed by atoms with Crippen molar-refractivity contribution in [2.24, 2.45) is 0 Å². The maximum absolute atomic E-state index is 12.8. The molecule has 0 radical (unpaired) electrons. The summed E-state index contributed by atoms with van der Waals surface area (Å²) in [5.41, 5.74) is 1.70. The van der Waals surface area contributed by atoms with Crippen LogP contribution in [0.1, 0.15) is 24.8 Å². The lowest BCUT2D eigenvalue weighted by Crippen LogP contribution is -2.54. The zero-order valence-corrected chi connectivity index (χ0v) is 11.6. The van der Waals surface area contributed by atoms with E-state index in [1.54, 1.807) is 0 Å². The third-order valence-electron chi connectivity index (χ3n) is 4.08. The number of nitrogens with zero attached hydrogens (tertiary/aromatic N) is 1. The minimum atomic E-state index is -0.347. The Labute approximate surface area is 118 Å². The van der Waals surface area contributed by atoms with Gasteiger partial charge in [-0.3, -0.25) is 9.59 Å². The molecule has 1 fully saturated rings. The van der Waals surface area contributed by atoms with Gasteiger partial charge in [-0.2, -0.15) is 0 Å². The zero-order valence-electron chi connectivity index (χ0n) is 11.6. The molecular weight excluding hydrogens is 254 g/mol. The van der Waals surface area contributed by atoms with Crippen molar-refractivity contribution in [1.29, 1.82) is 0 Å². The first-order valence-corrected chi connectivity index (χ1v) is 7.07. The molecule has 0 saturated carbocycles. The van der Waals surface area contributed by atoms with Gasteiger partial charge in [0.2, 0.25) is 11.8 Å². The summed E-state index contributed by atoms with van der Waals surface area (Å²) < 4.78 is 0. The van der Waals surface area contributed by atoms with Crippen LogP contribution in [0.2, 0.25) is 0 Å². The Morgan fingerprint density at radius 2 is 2.15 bits per heavy atom. The van der Waals surface area contributed by atoms with Crippen LogP contribution >= 0.6 is 0 Å². The normalized spacial score (nSPS) is 25.9. The molecule has 1 saturated heterocycles. The molecule has 1 aromatic rings. The first kappa shape index (κ1) is 13.1. The number of fused-ring (bicyclic) bond motifs is 1. The number of para-hydroxylation sites is 1. The summed E-state index contributed by atoms with van der Waals surface area (Å²) in [4.78, 5) is 26.5. The Hall–Kier alpha value is -1.88. The molecule has 2 N–H and O–H groups in total. The second kappa shape index (κ2) is 5.25. The van der Waals surface area contributed by atoms with Gasteiger partial charge in [0.25, 0.3) is 0 Å². The summed E-state index contributed by atoms with van der Waals surface area (Å²) in [5.74, 6) is -0.355. The number of nitrogens with one attached hydrogen (secondary N) is 2. The Bertz CT molecular complexity index is 544. The van der Waals surface area contributed by atoms with Gasteiger partial charge in [0.1, 0.15) is 0 Å². The highest BCUT2D eigenvalue weighted by molar-refractivity contribution is 6.01. The molecule has 2 atom stereocenters. The van der Waals surface area contributed by atoms with Crippen molar-refractivity contribution < 1.29 is 9.59 Å². The zero-order chi connectivity index (χ0) is 14.1. The Balaban J connectivity index is 1.89. The number of hydrogen-bond acceptors (Lipinski definition) is 3. The van der Waals surface area contributed by atoms with E-state index < -0.39 is 0 Å². The summed E-state index contributed by atoms with van der Waals surface area (Å²) >= 11 is 0. The molecule has 20 heavy (non-hydrogen) atoms. The lowest BCUT2D eigenvalue weighted by molar-refractivity contribution is -0.137. The number of benzene rings is 1. The first-order chi connectivity index (χ1) is 9.66. The van der Waals surface area contributed by atoms with Crippen LogP contribution in [0.4, 0.5) is 5.69 Å². The van der Waals surface area contributed by atoms with Gasteiger partial charge < -0.3 is 15.5 Å². The molecule has 5 nitrogen and oxygen atoms in total. The lowest BCUT2D eigenvalue weighted by atomic mass is 9.89. The molecule has 3 rings (SSSR count). The van der Waals surface area contributed by atoms with E-state index in [1.807, 2.05) is 36.1 Å². The Morgan fingerprint density at radius 1 is 1.35 bits per heavy atom. The largest absolute Gasteiger partial charge is 0.337 e. The van der Waals surface area contributed by atoms with Crippen molar-refractivity contribution in [1.82, 2.24) is 10.2 Å². The second-order valence-electron chi connectivity index (χ2n) is 5.48. The number of anilines is 1. The van der Waals surface area contributed by atoms with Gasteiger partial charge in [-0.25, -0.2) is 0 Å². The van der Waals surface area contributed by atoms with Gasteiger partial charge in [-0.1, -0.05) is 18.2 Å². The van der Waals surface area contributed by atoms with E-state index in [4.69, 9.17) is 0 Å². The fourth-order valence-electron chi connectivity index (χ4n) is 3.00. The first-order valence-electron chi connectivity index (χ1n) is 7.07. The predicted molar refractivity (Wildman–Crippen MR) is 76.5 cm³/mol. The average molecular weight is 273 g/mol. The maximum atomic E-state index is 12.8. The molecule has 0 aliphatic carbocycles. The van der Waals surface area contributed by atoms with Crippen molar-refractivity contribution in [3.63, 3.8) is 0 Å². The van der Waals surface area contributed by atoms with E-state index in [0.29, 0.717) is 6.54 Å². The molecule has 5 heteroatoms. The molecule has 0 bridgehead atoms. The van der Waals surface area contributed by atoms with E-state index >= 15 is 0 Å². The standard InChI is InChI=1S/C15H19N3O2/c1-10-9-16-6-7-18(10)15(20)12-8-14(19)17-13-5-3-2-4-11(12)13/h2-5,10,12,16H,6-9H2,1H3,(H,17,19). The van der Waals surface area contributed by atoms with Crippen LogP contribution in [0.15, 0.2) is 24.3 Å². The molecule has 2 unspecified atom stereocenters. The van der Waals surface area contributed by atoms with Crippen molar-refractivity contribution in [3.05, 3.63) is 29.8 Å². The fourth-order valence-corrected chi connectivity index (χ4v) is 3.00. The molecular formula is C15H19N3O2. The van der Waals surface area contributed by atoms with Gasteiger partial charge in [0, 0.05) is 37.8 Å². The Morgan fingerprint density at radius 3 is 2.95 bits per heavy atom. The molecule has 2 aliphatic heterocycles. The van der Waals surface area contributed by atoms with Gasteiger partial charge in [0.05, 0.1) is 5.92 Å². The van der Waals surface area contributed by atoms with Crippen LogP contribution in [0.25, 0.3) is 0 Å². The third kappa shape index (κ3) is 2.29. The van der Waals surface area contributed by atoms with E-state index in [-0.39, 0.29) is 30.2 Å². The maximum Gasteiger partial charge on any atom is 0.231 e. The number of amides is 2. The summed E-state index contributed by atoms with van der Waals surface area (Å²) in [6, 6.07) is 7.75. The van der Waals surface area contributed by atoms with Crippen molar-refractivity contribution >= 4 is 17.5 Å². The summed E-state index contributed by atoms with van der Waals surface area (Å²) in [6.45, 7) is 4.38. The second-order valence-corrected chi connectivity index (χ2v) is 5.48. The van der Waals surface area contributed by atoms with Crippen molar-refractivity contribution in [2.75, 3.05) is 25.0 Å². The number of piperazine rings is 1. The molecule has 0 aromatic heterocycles. The van der Waals surface area contributed by atoms with Crippen molar-refractivity contribution in [2.45, 2.75) is 25.3 Å². The smallest absolute Gasteiger partial charge is 0.231 e. The van der Waals surface area contributed by atoms with Crippen LogP contribution in [0, 0.1) is 0 Å². The highest BCUT2D eigenvalue weighted by Gasteiger charge is 2.35. The van der Waals surface area contributed by atoms with Gasteiger partial charge >= 0.3 is 0 Å². The Kier molecular flexibility index (Phi) is 3.44. The van der Waals surface area contributed by atoms with Gasteiger partial charge in [0.15, 0.2) is 0 Å². The van der Waals surface area contributed by atoms with Crippen LogP contribution < -0.4 is 10.6 Å². The quantitative estimate of drug-likeness (QED) is 0.800. The summed E-state index contributed by atoms with van der Waals surface area (Å²) in [6.07, 6.45) is 0.243. The fraction of sp³-hybridized carbons (Fsp3) is 0.467. The molecule has 0 spiro atoms. The van der Waals surface area contributed by atoms with E-state index in [2.05, 4.69) is 10.6 Å². The number of rotatable bonds is 1. The topological polar surface area (TPSA) is 61.4 Å². The van der Waals surface area contributed by atoms with E-state index in [1.165, 1.54) is 0 Å². The minimum absolute atomic E-state index is 0.0706. The van der Waals surface area contributed by atoms with E-state index in [0.717, 1.165) is 24.3 Å². The van der Waals surface area contributed by atoms with E-state index in [9.17, 15) is 9.59 Å². The number of hydrogen-bond donors (Lipinski definition) is 2. The highest BCUT2D eigenvalue weighted by atomic mass is 16.2.